The molecule has 0 bridgehead atoms. The van der Waals surface area contributed by atoms with Crippen molar-refractivity contribution in [3.63, 3.8) is 0 Å². The number of carboxylic acid groups (broad SMARTS) is 2. The van der Waals surface area contributed by atoms with Crippen LogP contribution in [0.1, 0.15) is 29.5 Å². The van der Waals surface area contributed by atoms with Crippen molar-refractivity contribution in [1.29, 1.82) is 0 Å². The summed E-state index contributed by atoms with van der Waals surface area (Å²) in [7, 11) is 1.37. The first-order valence-electron chi connectivity index (χ1n) is 10.8. The standard InChI is InChI=1S/C25H28N2O6/c1-14-3-5-15(6-4-14)11-16-7-9-17(10-8-16)27-21(28)13-18-19(24(30)31)12-20(23(29)26-2)22(18)25(32)33/h3-10,18-20,22H,11-13H2,1-2H3,(H,26,29)(H,27,28)(H,30,31)(H,32,33). The van der Waals surface area contributed by atoms with Crippen LogP contribution < -0.4 is 10.6 Å². The Kier molecular flexibility index (Phi) is 7.48. The summed E-state index contributed by atoms with van der Waals surface area (Å²) >= 11 is 0. The Labute approximate surface area is 192 Å². The van der Waals surface area contributed by atoms with E-state index in [2.05, 4.69) is 34.9 Å². The zero-order valence-corrected chi connectivity index (χ0v) is 18.6. The van der Waals surface area contributed by atoms with Gasteiger partial charge in [-0.15, -0.1) is 0 Å². The molecule has 1 saturated carbocycles. The van der Waals surface area contributed by atoms with Crippen molar-refractivity contribution < 1.29 is 29.4 Å². The van der Waals surface area contributed by atoms with Gasteiger partial charge in [0, 0.05) is 19.2 Å². The highest BCUT2D eigenvalue weighted by Gasteiger charge is 2.53. The number of benzene rings is 2. The van der Waals surface area contributed by atoms with Gasteiger partial charge in [-0.25, -0.2) is 0 Å². The van der Waals surface area contributed by atoms with E-state index in [1.807, 2.05) is 19.1 Å². The molecule has 0 aliphatic heterocycles. The van der Waals surface area contributed by atoms with E-state index >= 15 is 0 Å². The summed E-state index contributed by atoms with van der Waals surface area (Å²) in [5.74, 6) is -7.79. The predicted molar refractivity (Wildman–Crippen MR) is 122 cm³/mol. The monoisotopic (exact) mass is 452 g/mol. The summed E-state index contributed by atoms with van der Waals surface area (Å²) in [5.41, 5.74) is 3.96. The molecular weight excluding hydrogens is 424 g/mol. The number of nitrogens with one attached hydrogen (secondary N) is 2. The lowest BCUT2D eigenvalue weighted by molar-refractivity contribution is -0.149. The first-order chi connectivity index (χ1) is 15.7. The first kappa shape index (κ1) is 24.0. The number of anilines is 1. The predicted octanol–water partition coefficient (Wildman–Crippen LogP) is 2.70. The normalized spacial score (nSPS) is 21.9. The van der Waals surface area contributed by atoms with Crippen LogP contribution in [0.25, 0.3) is 0 Å². The van der Waals surface area contributed by atoms with Gasteiger partial charge < -0.3 is 20.8 Å². The number of carbonyl (C=O) groups is 4. The fourth-order valence-electron chi connectivity index (χ4n) is 4.58. The highest BCUT2D eigenvalue weighted by molar-refractivity contribution is 5.93. The first-order valence-corrected chi connectivity index (χ1v) is 10.8. The van der Waals surface area contributed by atoms with Gasteiger partial charge in [0.1, 0.15) is 0 Å². The van der Waals surface area contributed by atoms with Crippen LogP contribution in [0, 0.1) is 30.6 Å². The molecule has 2 amide bonds. The summed E-state index contributed by atoms with van der Waals surface area (Å²) in [6.07, 6.45) is 0.336. The van der Waals surface area contributed by atoms with E-state index in [1.54, 1.807) is 12.1 Å². The van der Waals surface area contributed by atoms with Crippen molar-refractivity contribution in [1.82, 2.24) is 5.32 Å². The maximum atomic E-state index is 12.7. The van der Waals surface area contributed by atoms with Crippen molar-refractivity contribution in [2.45, 2.75) is 26.2 Å². The zero-order valence-electron chi connectivity index (χ0n) is 18.6. The summed E-state index contributed by atoms with van der Waals surface area (Å²) in [6, 6.07) is 15.5. The fourth-order valence-corrected chi connectivity index (χ4v) is 4.58. The van der Waals surface area contributed by atoms with Gasteiger partial charge in [-0.1, -0.05) is 42.0 Å². The highest BCUT2D eigenvalue weighted by atomic mass is 16.4. The molecule has 33 heavy (non-hydrogen) atoms. The molecule has 174 valence electrons. The number of hydrogen-bond donors (Lipinski definition) is 4. The molecule has 1 aliphatic carbocycles. The lowest BCUT2D eigenvalue weighted by Gasteiger charge is -2.21. The number of aryl methyl sites for hydroxylation is 1. The molecule has 0 radical (unpaired) electrons. The number of aliphatic carboxylic acids is 2. The topological polar surface area (TPSA) is 133 Å². The van der Waals surface area contributed by atoms with Crippen molar-refractivity contribution in [3.8, 4) is 0 Å². The minimum atomic E-state index is -1.27. The minimum absolute atomic E-state index is 0.113. The molecule has 1 aliphatic rings. The summed E-state index contributed by atoms with van der Waals surface area (Å²) in [5, 5.41) is 24.3. The second-order valence-electron chi connectivity index (χ2n) is 8.54. The number of rotatable bonds is 8. The Morgan fingerprint density at radius 1 is 0.879 bits per heavy atom. The number of amides is 2. The van der Waals surface area contributed by atoms with Gasteiger partial charge in [-0.3, -0.25) is 19.2 Å². The molecule has 0 heterocycles. The van der Waals surface area contributed by atoms with Gasteiger partial charge in [0.05, 0.1) is 17.8 Å². The quantitative estimate of drug-likeness (QED) is 0.487. The van der Waals surface area contributed by atoms with Crippen LogP contribution >= 0.6 is 0 Å². The molecular formula is C25H28N2O6. The largest absolute Gasteiger partial charge is 0.481 e. The van der Waals surface area contributed by atoms with Crippen LogP contribution in [0.2, 0.25) is 0 Å². The van der Waals surface area contributed by atoms with E-state index in [-0.39, 0.29) is 12.8 Å². The van der Waals surface area contributed by atoms with Gasteiger partial charge in [0.2, 0.25) is 11.8 Å². The second kappa shape index (κ2) is 10.3. The Bertz CT molecular complexity index is 1030. The van der Waals surface area contributed by atoms with E-state index in [4.69, 9.17) is 0 Å². The Balaban J connectivity index is 1.67. The summed E-state index contributed by atoms with van der Waals surface area (Å²) in [4.78, 5) is 48.4. The van der Waals surface area contributed by atoms with Crippen LogP contribution in [0.3, 0.4) is 0 Å². The van der Waals surface area contributed by atoms with E-state index in [9.17, 15) is 29.4 Å². The maximum Gasteiger partial charge on any atom is 0.307 e. The average molecular weight is 453 g/mol. The van der Waals surface area contributed by atoms with Gasteiger partial charge >= 0.3 is 11.9 Å². The van der Waals surface area contributed by atoms with Crippen LogP contribution in [0.15, 0.2) is 48.5 Å². The van der Waals surface area contributed by atoms with E-state index in [1.165, 1.54) is 18.2 Å². The smallest absolute Gasteiger partial charge is 0.307 e. The van der Waals surface area contributed by atoms with E-state index < -0.39 is 47.4 Å². The molecule has 4 unspecified atom stereocenters. The molecule has 4 atom stereocenters. The van der Waals surface area contributed by atoms with Gasteiger partial charge in [-0.05, 0) is 48.9 Å². The van der Waals surface area contributed by atoms with Crippen LogP contribution in [0.5, 0.6) is 0 Å². The van der Waals surface area contributed by atoms with Crippen molar-refractivity contribution in [2.24, 2.45) is 23.7 Å². The van der Waals surface area contributed by atoms with Crippen LogP contribution in [-0.2, 0) is 25.6 Å². The average Bonchev–Trinajstić information content (AvgIpc) is 3.15. The number of carboxylic acids is 2. The summed E-state index contributed by atoms with van der Waals surface area (Å²) < 4.78 is 0. The second-order valence-corrected chi connectivity index (χ2v) is 8.54. The van der Waals surface area contributed by atoms with Crippen LogP contribution in [-0.4, -0.2) is 41.0 Å². The zero-order chi connectivity index (χ0) is 24.1. The maximum absolute atomic E-state index is 12.7. The molecule has 3 rings (SSSR count). The molecule has 0 aromatic heterocycles. The summed E-state index contributed by atoms with van der Waals surface area (Å²) in [6.45, 7) is 2.03. The molecule has 8 heteroatoms. The number of hydrogen-bond acceptors (Lipinski definition) is 4. The molecule has 8 nitrogen and oxygen atoms in total. The molecule has 2 aromatic rings. The third kappa shape index (κ3) is 5.77. The molecule has 1 fully saturated rings. The molecule has 0 saturated heterocycles. The minimum Gasteiger partial charge on any atom is -0.481 e. The highest BCUT2D eigenvalue weighted by Crippen LogP contribution is 2.44. The molecule has 2 aromatic carbocycles. The van der Waals surface area contributed by atoms with Gasteiger partial charge in [0.25, 0.3) is 0 Å². The SMILES string of the molecule is CNC(=O)C1CC(C(=O)O)C(CC(=O)Nc2ccc(Cc3ccc(C)cc3)cc2)C1C(=O)O. The van der Waals surface area contributed by atoms with Gasteiger partial charge in [-0.2, -0.15) is 0 Å². The van der Waals surface area contributed by atoms with Crippen LogP contribution in [0.4, 0.5) is 5.69 Å². The van der Waals surface area contributed by atoms with E-state index in [0.29, 0.717) is 5.69 Å². The lowest BCUT2D eigenvalue weighted by atomic mass is 9.84. The Hall–Kier alpha value is -3.68. The number of carbonyl (C=O) groups excluding carboxylic acids is 2. The Morgan fingerprint density at radius 2 is 1.45 bits per heavy atom. The fraction of sp³-hybridized carbons (Fsp3) is 0.360. The van der Waals surface area contributed by atoms with Crippen molar-refractivity contribution in [2.75, 3.05) is 12.4 Å². The van der Waals surface area contributed by atoms with Crippen molar-refractivity contribution in [3.05, 3.63) is 65.2 Å². The van der Waals surface area contributed by atoms with Crippen molar-refractivity contribution >= 4 is 29.4 Å². The third-order valence-corrected chi connectivity index (χ3v) is 6.29. The molecule has 0 spiro atoms. The molecule has 4 N–H and O–H groups in total. The lowest BCUT2D eigenvalue weighted by Crippen LogP contribution is -2.36. The van der Waals surface area contributed by atoms with E-state index in [0.717, 1.165) is 12.0 Å². The Morgan fingerprint density at radius 3 is 1.97 bits per heavy atom. The third-order valence-electron chi connectivity index (χ3n) is 6.29. The van der Waals surface area contributed by atoms with Gasteiger partial charge in [0.15, 0.2) is 0 Å².